The van der Waals surface area contributed by atoms with E-state index in [0.717, 1.165) is 116 Å². The van der Waals surface area contributed by atoms with E-state index in [1.807, 2.05) is 6.08 Å². The maximum Gasteiger partial charge on any atom is 0.306 e. The minimum Gasteiger partial charge on any atom is -0.462 e. The molecule has 0 aliphatic carbocycles. The lowest BCUT2D eigenvalue weighted by Gasteiger charge is -2.18. The molecule has 0 aromatic rings. The van der Waals surface area contributed by atoms with E-state index in [4.69, 9.17) is 14.2 Å². The van der Waals surface area contributed by atoms with Crippen LogP contribution in [-0.2, 0) is 28.6 Å². The summed E-state index contributed by atoms with van der Waals surface area (Å²) in [6.45, 7) is 6.35. The number of carbonyl (C=O) groups is 3. The Morgan fingerprint density at radius 2 is 0.554 bits per heavy atom. The second-order valence-electron chi connectivity index (χ2n) is 20.2. The third kappa shape index (κ3) is 59.0. The van der Waals surface area contributed by atoms with Crippen LogP contribution in [0.25, 0.3) is 0 Å². The Balaban J connectivity index is 4.41. The third-order valence-electron chi connectivity index (χ3n) is 13.0. The lowest BCUT2D eigenvalue weighted by atomic mass is 10.0. The third-order valence-corrected chi connectivity index (χ3v) is 13.0. The Bertz CT molecular complexity index is 1510. The minimum atomic E-state index is -0.819. The number of allylic oxidation sites excluding steroid dienone is 18. The van der Waals surface area contributed by atoms with E-state index >= 15 is 0 Å². The molecule has 0 aromatic carbocycles. The van der Waals surface area contributed by atoms with Crippen LogP contribution in [0.2, 0.25) is 0 Å². The van der Waals surface area contributed by atoms with Gasteiger partial charge in [0.2, 0.25) is 0 Å². The Kier molecular flexibility index (Phi) is 58.3. The fraction of sp³-hybridized carbons (Fsp3) is 0.691. The van der Waals surface area contributed by atoms with E-state index in [1.165, 1.54) is 122 Å². The van der Waals surface area contributed by atoms with E-state index in [0.29, 0.717) is 19.3 Å². The summed E-state index contributed by atoms with van der Waals surface area (Å²) < 4.78 is 16.8. The van der Waals surface area contributed by atoms with E-state index in [9.17, 15) is 14.4 Å². The molecular weight excluding hydrogens is 913 g/mol. The first-order valence-corrected chi connectivity index (χ1v) is 30.9. The fourth-order valence-corrected chi connectivity index (χ4v) is 8.48. The summed E-state index contributed by atoms with van der Waals surface area (Å²) in [6, 6.07) is 0. The lowest BCUT2D eigenvalue weighted by Crippen LogP contribution is -2.30. The van der Waals surface area contributed by atoms with Crippen molar-refractivity contribution in [2.24, 2.45) is 0 Å². The van der Waals surface area contributed by atoms with Crippen molar-refractivity contribution in [2.75, 3.05) is 13.2 Å². The molecule has 0 N–H and O–H groups in total. The molecule has 6 heteroatoms. The van der Waals surface area contributed by atoms with Crippen LogP contribution in [-0.4, -0.2) is 37.2 Å². The van der Waals surface area contributed by atoms with Crippen molar-refractivity contribution in [1.29, 1.82) is 0 Å². The van der Waals surface area contributed by atoms with Crippen LogP contribution in [0, 0.1) is 0 Å². The van der Waals surface area contributed by atoms with Crippen LogP contribution in [0.4, 0.5) is 0 Å². The summed E-state index contributed by atoms with van der Waals surface area (Å²) in [7, 11) is 0. The van der Waals surface area contributed by atoms with Crippen LogP contribution in [0.1, 0.15) is 284 Å². The first kappa shape index (κ1) is 70.1. The number of esters is 3. The highest BCUT2D eigenvalue weighted by Gasteiger charge is 2.19. The molecule has 0 aliphatic heterocycles. The zero-order valence-corrected chi connectivity index (χ0v) is 48.3. The standard InChI is InChI=1S/C68H114O6/c1-4-7-10-13-16-19-22-25-27-29-31-33-35-36-38-40-43-46-49-52-55-58-61-67(70)73-64-65(63-72-66(69)60-57-54-51-48-45-42-24-21-18-15-12-9-6-3)74-68(71)62-59-56-53-50-47-44-41-39-37-34-32-30-28-26-23-20-17-14-11-8-5-2/h8-9,11-12,17-18,20-21,26,28,32,34,39,41-42,45,51,54,65H,4-7,10,13-16,19,22-25,27,29-31,33,35-38,40,43-44,46-50,52-53,55-64H2,1-3H3/b11-8-,12-9-,20-17-,21-18-,28-26-,34-32-,41-39-,45-42-,54-51-. The van der Waals surface area contributed by atoms with Crippen molar-refractivity contribution in [3.63, 3.8) is 0 Å². The Hall–Kier alpha value is -3.93. The highest BCUT2D eigenvalue weighted by molar-refractivity contribution is 5.71. The van der Waals surface area contributed by atoms with Gasteiger partial charge < -0.3 is 14.2 Å². The van der Waals surface area contributed by atoms with E-state index < -0.39 is 6.10 Å². The zero-order valence-electron chi connectivity index (χ0n) is 48.3. The molecule has 0 rings (SSSR count). The van der Waals surface area contributed by atoms with Crippen LogP contribution >= 0.6 is 0 Å². The van der Waals surface area contributed by atoms with E-state index in [2.05, 4.69) is 124 Å². The van der Waals surface area contributed by atoms with Gasteiger partial charge in [0.15, 0.2) is 6.10 Å². The first-order valence-electron chi connectivity index (χ1n) is 30.9. The number of hydrogen-bond acceptors (Lipinski definition) is 6. The van der Waals surface area contributed by atoms with Crippen molar-refractivity contribution in [3.05, 3.63) is 109 Å². The molecule has 0 aromatic heterocycles. The highest BCUT2D eigenvalue weighted by atomic mass is 16.6. The molecule has 0 saturated heterocycles. The largest absolute Gasteiger partial charge is 0.462 e. The maximum atomic E-state index is 12.9. The molecule has 74 heavy (non-hydrogen) atoms. The molecule has 0 heterocycles. The number of unbranched alkanes of at least 4 members (excludes halogenated alkanes) is 26. The van der Waals surface area contributed by atoms with Gasteiger partial charge in [-0.1, -0.05) is 284 Å². The van der Waals surface area contributed by atoms with E-state index in [1.54, 1.807) is 0 Å². The highest BCUT2D eigenvalue weighted by Crippen LogP contribution is 2.16. The van der Waals surface area contributed by atoms with Gasteiger partial charge in [0.1, 0.15) is 13.2 Å². The van der Waals surface area contributed by atoms with Crippen molar-refractivity contribution >= 4 is 17.9 Å². The fourth-order valence-electron chi connectivity index (χ4n) is 8.48. The van der Waals surface area contributed by atoms with E-state index in [-0.39, 0.29) is 37.5 Å². The predicted octanol–water partition coefficient (Wildman–Crippen LogP) is 21.0. The van der Waals surface area contributed by atoms with Gasteiger partial charge in [-0.15, -0.1) is 0 Å². The molecule has 0 aliphatic rings. The van der Waals surface area contributed by atoms with Gasteiger partial charge in [0.05, 0.1) is 0 Å². The molecule has 0 fully saturated rings. The summed E-state index contributed by atoms with van der Waals surface area (Å²) in [4.78, 5) is 38.2. The molecule has 422 valence electrons. The monoisotopic (exact) mass is 1030 g/mol. The molecule has 0 radical (unpaired) electrons. The first-order chi connectivity index (χ1) is 36.5. The summed E-state index contributed by atoms with van der Waals surface area (Å²) >= 11 is 0. The quantitative estimate of drug-likeness (QED) is 0.0261. The van der Waals surface area contributed by atoms with Gasteiger partial charge in [0.25, 0.3) is 0 Å². The SMILES string of the molecule is CC/C=C\C/C=C\C/C=C\C/C=C\C/C=C\CCCCCCCC(=O)OC(COC(=O)CC/C=C\C/C=C\C/C=C\C/C=C\CC)COC(=O)CCCCCCCCCCCCCCCCCCCCCCCC. The Labute approximate surface area is 457 Å². The van der Waals surface area contributed by atoms with Crippen molar-refractivity contribution in [1.82, 2.24) is 0 Å². The smallest absolute Gasteiger partial charge is 0.306 e. The number of ether oxygens (including phenoxy) is 3. The van der Waals surface area contributed by atoms with Gasteiger partial charge in [0, 0.05) is 19.3 Å². The summed E-state index contributed by atoms with van der Waals surface area (Å²) in [5.41, 5.74) is 0. The van der Waals surface area contributed by atoms with Crippen LogP contribution in [0.15, 0.2) is 109 Å². The number of hydrogen-bond donors (Lipinski definition) is 0. The van der Waals surface area contributed by atoms with Crippen molar-refractivity contribution in [3.8, 4) is 0 Å². The maximum absolute atomic E-state index is 12.9. The van der Waals surface area contributed by atoms with Crippen LogP contribution < -0.4 is 0 Å². The predicted molar refractivity (Wildman–Crippen MR) is 320 cm³/mol. The molecule has 0 spiro atoms. The van der Waals surface area contributed by atoms with Crippen LogP contribution in [0.3, 0.4) is 0 Å². The van der Waals surface area contributed by atoms with Crippen molar-refractivity contribution in [2.45, 2.75) is 290 Å². The molecule has 1 atom stereocenters. The number of carbonyl (C=O) groups excluding carboxylic acids is 3. The Morgan fingerprint density at radius 1 is 0.284 bits per heavy atom. The summed E-state index contributed by atoms with van der Waals surface area (Å²) in [6.07, 6.45) is 84.0. The summed E-state index contributed by atoms with van der Waals surface area (Å²) in [5.74, 6) is -1.01. The second-order valence-corrected chi connectivity index (χ2v) is 20.2. The van der Waals surface area contributed by atoms with Gasteiger partial charge >= 0.3 is 17.9 Å². The van der Waals surface area contributed by atoms with Gasteiger partial charge in [-0.3, -0.25) is 14.4 Å². The topological polar surface area (TPSA) is 78.9 Å². The molecule has 0 bridgehead atoms. The van der Waals surface area contributed by atoms with Gasteiger partial charge in [-0.25, -0.2) is 0 Å². The summed E-state index contributed by atoms with van der Waals surface area (Å²) in [5, 5.41) is 0. The average molecular weight is 1030 g/mol. The van der Waals surface area contributed by atoms with Gasteiger partial charge in [-0.05, 0) is 89.9 Å². The molecule has 0 amide bonds. The van der Waals surface area contributed by atoms with Crippen LogP contribution in [0.5, 0.6) is 0 Å². The number of rotatable bonds is 55. The normalized spacial score (nSPS) is 12.9. The second kappa shape index (κ2) is 61.6. The lowest BCUT2D eigenvalue weighted by molar-refractivity contribution is -0.166. The molecule has 0 saturated carbocycles. The minimum absolute atomic E-state index is 0.107. The van der Waals surface area contributed by atoms with Crippen molar-refractivity contribution < 1.29 is 28.6 Å². The Morgan fingerprint density at radius 3 is 0.905 bits per heavy atom. The zero-order chi connectivity index (χ0) is 53.6. The molecule has 1 unspecified atom stereocenters. The molecular formula is C68H114O6. The average Bonchev–Trinajstić information content (AvgIpc) is 3.40. The molecule has 6 nitrogen and oxygen atoms in total. The van der Waals surface area contributed by atoms with Gasteiger partial charge in [-0.2, -0.15) is 0 Å².